The topological polar surface area (TPSA) is 165 Å². The molecule has 0 spiro atoms. The fourth-order valence-electron chi connectivity index (χ4n) is 4.35. The van der Waals surface area contributed by atoms with Crippen LogP contribution in [-0.2, 0) is 26.6 Å². The maximum atomic E-state index is 13.4. The summed E-state index contributed by atoms with van der Waals surface area (Å²) in [5, 5.41) is 17.3. The van der Waals surface area contributed by atoms with Gasteiger partial charge in [0.05, 0.1) is 46.9 Å². The summed E-state index contributed by atoms with van der Waals surface area (Å²) < 4.78 is 73.2. The van der Waals surface area contributed by atoms with Crippen LogP contribution in [0.1, 0.15) is 25.3 Å². The van der Waals surface area contributed by atoms with Gasteiger partial charge in [-0.15, -0.1) is 23.4 Å². The Hall–Kier alpha value is -4.81. The number of ether oxygens (including phenoxy) is 1. The van der Waals surface area contributed by atoms with Gasteiger partial charge in [-0.05, 0) is 49.7 Å². The van der Waals surface area contributed by atoms with Gasteiger partial charge < -0.3 is 19.8 Å². The number of carbonyl (C=O) groups excluding carboxylic acids is 1. The highest BCUT2D eigenvalue weighted by Gasteiger charge is 2.37. The van der Waals surface area contributed by atoms with Crippen molar-refractivity contribution < 1.29 is 35.5 Å². The third kappa shape index (κ3) is 6.20. The van der Waals surface area contributed by atoms with E-state index in [0.717, 1.165) is 12.3 Å². The molecule has 1 atom stereocenters. The fraction of sp³-hybridized carbons (Fsp3) is 0.250. The van der Waals surface area contributed by atoms with Gasteiger partial charge in [0.1, 0.15) is 11.2 Å². The van der Waals surface area contributed by atoms with Gasteiger partial charge in [-0.3, -0.25) is 9.78 Å². The SMILES string of the molecule is CC(C)(C#N)c1nnc(-c2ccc3c(c2)N(Cc2ccc(-c4ccc(OC(F)(F)F)cn4)cc2)C(=O)[C@@H](N)CS3(=O)=O)o1. The monoisotopic (exact) mass is 612 g/mol. The molecule has 4 aromatic rings. The predicted octanol–water partition coefficient (Wildman–Crippen LogP) is 4.15. The minimum Gasteiger partial charge on any atom is -0.419 e. The third-order valence-electron chi connectivity index (χ3n) is 6.61. The summed E-state index contributed by atoms with van der Waals surface area (Å²) in [5.74, 6) is -1.57. The van der Waals surface area contributed by atoms with Gasteiger partial charge in [0.25, 0.3) is 0 Å². The molecule has 43 heavy (non-hydrogen) atoms. The number of fused-ring (bicyclic) bond motifs is 1. The number of anilines is 1. The van der Waals surface area contributed by atoms with E-state index in [4.69, 9.17) is 10.2 Å². The number of hydrogen-bond acceptors (Lipinski definition) is 10. The second kappa shape index (κ2) is 10.8. The molecule has 0 radical (unpaired) electrons. The number of rotatable bonds is 6. The lowest BCUT2D eigenvalue weighted by Gasteiger charge is -2.24. The molecule has 2 aromatic carbocycles. The summed E-state index contributed by atoms with van der Waals surface area (Å²) in [6.07, 6.45) is -3.88. The van der Waals surface area contributed by atoms with Crippen molar-refractivity contribution in [3.05, 3.63) is 72.2 Å². The molecule has 1 aliphatic rings. The molecule has 0 unspecified atom stereocenters. The standard InChI is InChI=1S/C28H23F3N6O5S/c1-27(2,15-32)26-36-35-24(41-26)18-7-10-23-22(11-18)37(25(38)20(33)14-43(23,39)40)13-16-3-5-17(6-4-16)21-9-8-19(12-34-21)42-28(29,30)31/h3-12,20H,13-14,33H2,1-2H3/t20-/m0/s1. The van der Waals surface area contributed by atoms with Gasteiger partial charge in [0, 0.05) is 11.1 Å². The number of benzene rings is 2. The van der Waals surface area contributed by atoms with Crippen LogP contribution in [0.2, 0.25) is 0 Å². The Balaban J connectivity index is 1.47. The Morgan fingerprint density at radius 2 is 1.79 bits per heavy atom. The van der Waals surface area contributed by atoms with Crippen molar-refractivity contribution in [2.75, 3.05) is 10.7 Å². The first kappa shape index (κ1) is 29.7. The Bertz CT molecular complexity index is 1830. The first-order chi connectivity index (χ1) is 20.2. The Labute approximate surface area is 243 Å². The molecule has 2 N–H and O–H groups in total. The number of aromatic nitrogens is 3. The molecule has 0 saturated heterocycles. The van der Waals surface area contributed by atoms with Crippen LogP contribution in [-0.4, -0.2) is 47.7 Å². The van der Waals surface area contributed by atoms with Crippen LogP contribution in [0.4, 0.5) is 18.9 Å². The molecular formula is C28H23F3N6O5S. The van der Waals surface area contributed by atoms with Crippen molar-refractivity contribution in [3.63, 3.8) is 0 Å². The van der Waals surface area contributed by atoms with Crippen molar-refractivity contribution in [1.82, 2.24) is 15.2 Å². The molecule has 2 aromatic heterocycles. The zero-order valence-electron chi connectivity index (χ0n) is 22.7. The Morgan fingerprint density at radius 1 is 1.09 bits per heavy atom. The number of hydrogen-bond donors (Lipinski definition) is 1. The normalized spacial score (nSPS) is 16.7. The van der Waals surface area contributed by atoms with E-state index < -0.39 is 45.1 Å². The van der Waals surface area contributed by atoms with Crippen LogP contribution >= 0.6 is 0 Å². The number of halogens is 3. The molecular weight excluding hydrogens is 589 g/mol. The molecule has 222 valence electrons. The van der Waals surface area contributed by atoms with Crippen molar-refractivity contribution >= 4 is 21.4 Å². The van der Waals surface area contributed by atoms with E-state index in [0.29, 0.717) is 22.4 Å². The maximum absolute atomic E-state index is 13.4. The molecule has 3 heterocycles. The fourth-order valence-corrected chi connectivity index (χ4v) is 5.91. The van der Waals surface area contributed by atoms with Gasteiger partial charge in [0.2, 0.25) is 17.7 Å². The van der Waals surface area contributed by atoms with Crippen LogP contribution in [0.25, 0.3) is 22.7 Å². The highest BCUT2D eigenvalue weighted by molar-refractivity contribution is 7.91. The number of nitrogens with zero attached hydrogens (tertiary/aromatic N) is 5. The quantitative estimate of drug-likeness (QED) is 0.334. The third-order valence-corrected chi connectivity index (χ3v) is 8.43. The van der Waals surface area contributed by atoms with Gasteiger partial charge in [-0.1, -0.05) is 24.3 Å². The number of amides is 1. The van der Waals surface area contributed by atoms with Crippen LogP contribution in [0.5, 0.6) is 5.75 Å². The Kier molecular flexibility index (Phi) is 7.45. The number of nitrogens with two attached hydrogens (primary N) is 1. The van der Waals surface area contributed by atoms with E-state index >= 15 is 0 Å². The molecule has 0 aliphatic carbocycles. The summed E-state index contributed by atoms with van der Waals surface area (Å²) in [6.45, 7) is 3.16. The van der Waals surface area contributed by atoms with Gasteiger partial charge in [-0.25, -0.2) is 8.42 Å². The summed E-state index contributed by atoms with van der Waals surface area (Å²) in [7, 11) is -3.95. The lowest BCUT2D eigenvalue weighted by Crippen LogP contribution is -2.45. The highest BCUT2D eigenvalue weighted by atomic mass is 32.2. The van der Waals surface area contributed by atoms with E-state index in [9.17, 15) is 31.6 Å². The zero-order chi connectivity index (χ0) is 31.2. The molecule has 1 amide bonds. The van der Waals surface area contributed by atoms with E-state index in [1.54, 1.807) is 38.1 Å². The molecule has 1 aliphatic heterocycles. The van der Waals surface area contributed by atoms with Crippen LogP contribution in [0.3, 0.4) is 0 Å². The van der Waals surface area contributed by atoms with Crippen molar-refractivity contribution in [1.29, 1.82) is 5.26 Å². The highest BCUT2D eigenvalue weighted by Crippen LogP contribution is 2.36. The summed E-state index contributed by atoms with van der Waals surface area (Å²) in [6, 6.07) is 14.2. The van der Waals surface area contributed by atoms with Gasteiger partial charge in [-0.2, -0.15) is 5.26 Å². The van der Waals surface area contributed by atoms with Crippen molar-refractivity contribution in [2.45, 2.75) is 43.1 Å². The van der Waals surface area contributed by atoms with Crippen LogP contribution in [0, 0.1) is 11.3 Å². The van der Waals surface area contributed by atoms with E-state index in [1.807, 2.05) is 0 Å². The van der Waals surface area contributed by atoms with E-state index in [2.05, 4.69) is 26.0 Å². The lowest BCUT2D eigenvalue weighted by molar-refractivity contribution is -0.274. The molecule has 15 heteroatoms. The first-order valence-corrected chi connectivity index (χ1v) is 14.3. The predicted molar refractivity (Wildman–Crippen MR) is 146 cm³/mol. The molecule has 11 nitrogen and oxygen atoms in total. The largest absolute Gasteiger partial charge is 0.573 e. The van der Waals surface area contributed by atoms with E-state index in [1.165, 1.54) is 29.2 Å². The number of nitriles is 1. The molecule has 0 fully saturated rings. The second-order valence-electron chi connectivity index (χ2n) is 10.3. The second-order valence-corrected chi connectivity index (χ2v) is 12.3. The lowest BCUT2D eigenvalue weighted by atomic mass is 9.96. The van der Waals surface area contributed by atoms with E-state index in [-0.39, 0.29) is 28.9 Å². The minimum atomic E-state index is -4.83. The number of alkyl halides is 3. The molecule has 0 saturated carbocycles. The number of carbonyl (C=O) groups is 1. The first-order valence-electron chi connectivity index (χ1n) is 12.7. The minimum absolute atomic E-state index is 0.0305. The summed E-state index contributed by atoms with van der Waals surface area (Å²) in [4.78, 5) is 18.6. The smallest absolute Gasteiger partial charge is 0.419 e. The number of sulfone groups is 1. The van der Waals surface area contributed by atoms with Crippen molar-refractivity contribution in [2.24, 2.45) is 5.73 Å². The van der Waals surface area contributed by atoms with Crippen molar-refractivity contribution in [3.8, 4) is 34.5 Å². The van der Waals surface area contributed by atoms with Crippen LogP contribution in [0.15, 0.2) is 70.1 Å². The summed E-state index contributed by atoms with van der Waals surface area (Å²) in [5.41, 5.74) is 6.92. The molecule has 0 bridgehead atoms. The zero-order valence-corrected chi connectivity index (χ0v) is 23.5. The summed E-state index contributed by atoms with van der Waals surface area (Å²) >= 11 is 0. The van der Waals surface area contributed by atoms with Crippen LogP contribution < -0.4 is 15.4 Å². The Morgan fingerprint density at radius 3 is 2.42 bits per heavy atom. The average Bonchev–Trinajstić information content (AvgIpc) is 3.44. The van der Waals surface area contributed by atoms with Gasteiger partial charge >= 0.3 is 6.36 Å². The maximum Gasteiger partial charge on any atom is 0.573 e. The average molecular weight is 613 g/mol. The van der Waals surface area contributed by atoms with Gasteiger partial charge in [0.15, 0.2) is 9.84 Å². The molecule has 5 rings (SSSR count). The number of pyridine rings is 1.